The van der Waals surface area contributed by atoms with Gasteiger partial charge in [0.2, 0.25) is 5.88 Å². The van der Waals surface area contributed by atoms with Crippen LogP contribution in [0.3, 0.4) is 0 Å². The number of unbranched alkanes of at least 4 members (excludes halogenated alkanes) is 2. The van der Waals surface area contributed by atoms with Gasteiger partial charge in [-0.25, -0.2) is 0 Å². The van der Waals surface area contributed by atoms with E-state index >= 15 is 0 Å². The van der Waals surface area contributed by atoms with E-state index in [1.54, 1.807) is 7.11 Å². The topological polar surface area (TPSA) is 116 Å². The average Bonchev–Trinajstić information content (AvgIpc) is 2.75. The predicted octanol–water partition coefficient (Wildman–Crippen LogP) is 2.27. The van der Waals surface area contributed by atoms with Crippen molar-refractivity contribution in [3.05, 3.63) is 16.7 Å². The molecule has 0 radical (unpaired) electrons. The molecule has 2 atom stereocenters. The Morgan fingerprint density at radius 2 is 2.10 bits per heavy atom. The molecule has 1 aliphatic heterocycles. The van der Waals surface area contributed by atoms with Gasteiger partial charge in [0.1, 0.15) is 11.4 Å². The summed E-state index contributed by atoms with van der Waals surface area (Å²) in [7, 11) is 3.07. The molecule has 1 aromatic heterocycles. The van der Waals surface area contributed by atoms with Crippen LogP contribution in [0, 0.1) is 0 Å². The third-order valence-corrected chi connectivity index (χ3v) is 5.63. The number of nitrogen functional groups attached to an aromatic ring is 1. The number of methoxy groups -OCH3 is 2. The summed E-state index contributed by atoms with van der Waals surface area (Å²) in [6.07, 6.45) is 3.89. The number of halogens is 1. The molecule has 0 unspecified atom stereocenters. The van der Waals surface area contributed by atoms with Crippen LogP contribution in [0.2, 0.25) is 5.02 Å². The van der Waals surface area contributed by atoms with Gasteiger partial charge in [-0.1, -0.05) is 18.0 Å². The maximum absolute atomic E-state index is 12.8. The van der Waals surface area contributed by atoms with Gasteiger partial charge in [-0.2, -0.15) is 4.98 Å². The van der Waals surface area contributed by atoms with E-state index in [9.17, 15) is 9.59 Å². The van der Waals surface area contributed by atoms with Gasteiger partial charge < -0.3 is 30.2 Å². The van der Waals surface area contributed by atoms with Crippen LogP contribution in [0.15, 0.2) is 6.07 Å². The first-order valence-electron chi connectivity index (χ1n) is 10.6. The van der Waals surface area contributed by atoms with E-state index in [1.807, 2.05) is 6.92 Å². The summed E-state index contributed by atoms with van der Waals surface area (Å²) in [4.78, 5) is 30.5. The van der Waals surface area contributed by atoms with Crippen molar-refractivity contribution < 1.29 is 23.8 Å². The molecule has 3 N–H and O–H groups in total. The zero-order valence-corrected chi connectivity index (χ0v) is 19.2. The molecule has 1 saturated heterocycles. The minimum atomic E-state index is -0.328. The maximum Gasteiger partial charge on any atom is 0.305 e. The number of rotatable bonds is 11. The van der Waals surface area contributed by atoms with Gasteiger partial charge in [-0.05, 0) is 38.8 Å². The highest BCUT2D eigenvalue weighted by Gasteiger charge is 2.31. The Balaban J connectivity index is 1.83. The second kappa shape index (κ2) is 12.7. The van der Waals surface area contributed by atoms with Crippen LogP contribution in [0.4, 0.5) is 5.82 Å². The van der Waals surface area contributed by atoms with Crippen LogP contribution in [0.1, 0.15) is 49.4 Å². The minimum Gasteiger partial charge on any atom is -0.480 e. The number of likely N-dealkylation sites (tertiary alicyclic amines) is 1. The summed E-state index contributed by atoms with van der Waals surface area (Å²) >= 11 is 6.03. The molecular formula is C21H33ClN4O5. The number of nitrogens with two attached hydrogens (primary N) is 1. The van der Waals surface area contributed by atoms with Crippen LogP contribution in [-0.4, -0.2) is 74.4 Å². The van der Waals surface area contributed by atoms with Gasteiger partial charge in [0.15, 0.2) is 0 Å². The summed E-state index contributed by atoms with van der Waals surface area (Å²) in [6.45, 7) is 4.73. The third kappa shape index (κ3) is 7.52. The van der Waals surface area contributed by atoms with Gasteiger partial charge in [0.25, 0.3) is 5.91 Å². The first-order chi connectivity index (χ1) is 14.9. The number of nitrogens with one attached hydrogen (secondary N) is 1. The third-order valence-electron chi connectivity index (χ3n) is 5.33. The Morgan fingerprint density at radius 3 is 2.77 bits per heavy atom. The van der Waals surface area contributed by atoms with Crippen molar-refractivity contribution in [2.45, 2.75) is 51.2 Å². The molecule has 0 aromatic carbocycles. The minimum absolute atomic E-state index is 0.111. The second-order valence-corrected chi connectivity index (χ2v) is 7.88. The monoisotopic (exact) mass is 456 g/mol. The summed E-state index contributed by atoms with van der Waals surface area (Å²) in [5.41, 5.74) is 5.93. The quantitative estimate of drug-likeness (QED) is 0.384. The zero-order valence-electron chi connectivity index (χ0n) is 18.5. The number of anilines is 1. The van der Waals surface area contributed by atoms with Crippen LogP contribution >= 0.6 is 11.6 Å². The Morgan fingerprint density at radius 1 is 1.32 bits per heavy atom. The van der Waals surface area contributed by atoms with Gasteiger partial charge >= 0.3 is 5.97 Å². The van der Waals surface area contributed by atoms with Crippen LogP contribution in [-0.2, 0) is 14.3 Å². The summed E-state index contributed by atoms with van der Waals surface area (Å²) in [6, 6.07) is 1.32. The molecule has 1 fully saturated rings. The van der Waals surface area contributed by atoms with Gasteiger partial charge in [0.05, 0.1) is 30.9 Å². The van der Waals surface area contributed by atoms with E-state index in [-0.39, 0.29) is 46.3 Å². The lowest BCUT2D eigenvalue weighted by Gasteiger charge is -2.38. The fraction of sp³-hybridized carbons (Fsp3) is 0.667. The smallest absolute Gasteiger partial charge is 0.305 e. The Labute approximate surface area is 188 Å². The standard InChI is InChI=1S/C21H33ClN4O5/c1-4-31-18(27)8-6-5-7-10-26-11-9-16(17(13-26)29-2)24-20(28)14-12-15(22)19(23)25-21(14)30-3/h12,16-17H,4-11,13H2,1-3H3,(H2,23,25)(H,24,28)/t16-,17+/m1/s1. The number of piperidine rings is 1. The highest BCUT2D eigenvalue weighted by Crippen LogP contribution is 2.25. The fourth-order valence-corrected chi connectivity index (χ4v) is 3.80. The van der Waals surface area contributed by atoms with Gasteiger partial charge in [-0.15, -0.1) is 0 Å². The number of aromatic nitrogens is 1. The number of carbonyl (C=O) groups is 2. The SMILES string of the molecule is CCOC(=O)CCCCCN1CC[C@@H](NC(=O)c2cc(Cl)c(N)nc2OC)[C@@H](OC)C1. The predicted molar refractivity (Wildman–Crippen MR) is 118 cm³/mol. The van der Waals surface area contributed by atoms with E-state index < -0.39 is 0 Å². The van der Waals surface area contributed by atoms with Crippen LogP contribution in [0.5, 0.6) is 5.88 Å². The summed E-state index contributed by atoms with van der Waals surface area (Å²) in [5.74, 6) is -0.215. The number of hydrogen-bond acceptors (Lipinski definition) is 8. The largest absolute Gasteiger partial charge is 0.480 e. The molecule has 9 nitrogen and oxygen atoms in total. The number of hydrogen-bond donors (Lipinski definition) is 2. The zero-order chi connectivity index (χ0) is 22.8. The molecule has 0 aliphatic carbocycles. The lowest BCUT2D eigenvalue weighted by Crippen LogP contribution is -2.54. The van der Waals surface area contributed by atoms with E-state index in [4.69, 9.17) is 31.5 Å². The van der Waals surface area contributed by atoms with Crippen molar-refractivity contribution in [2.75, 3.05) is 46.2 Å². The fourth-order valence-electron chi connectivity index (χ4n) is 3.65. The number of pyridine rings is 1. The first-order valence-corrected chi connectivity index (χ1v) is 11.0. The number of amides is 1. The van der Waals surface area contributed by atoms with Crippen LogP contribution < -0.4 is 15.8 Å². The molecule has 174 valence electrons. The lowest BCUT2D eigenvalue weighted by molar-refractivity contribution is -0.143. The Hall–Kier alpha value is -2.10. The van der Waals surface area contributed by atoms with Crippen molar-refractivity contribution in [1.82, 2.24) is 15.2 Å². The molecule has 1 aromatic rings. The molecule has 0 bridgehead atoms. The Kier molecular flexibility index (Phi) is 10.3. The number of esters is 1. The molecule has 1 aliphatic rings. The lowest BCUT2D eigenvalue weighted by atomic mass is 10.0. The summed E-state index contributed by atoms with van der Waals surface area (Å²) in [5, 5.41) is 3.22. The molecule has 0 saturated carbocycles. The van der Waals surface area contributed by atoms with E-state index in [0.29, 0.717) is 13.0 Å². The number of carbonyl (C=O) groups excluding carboxylic acids is 2. The van der Waals surface area contributed by atoms with Crippen molar-refractivity contribution in [1.29, 1.82) is 0 Å². The van der Waals surface area contributed by atoms with E-state index in [1.165, 1.54) is 13.2 Å². The van der Waals surface area contributed by atoms with Crippen LogP contribution in [0.25, 0.3) is 0 Å². The normalized spacial score (nSPS) is 19.1. The molecule has 2 heterocycles. The van der Waals surface area contributed by atoms with E-state index in [2.05, 4.69) is 15.2 Å². The molecule has 1 amide bonds. The van der Waals surface area contributed by atoms with Crippen molar-refractivity contribution in [2.24, 2.45) is 0 Å². The first kappa shape index (κ1) is 25.2. The molecule has 0 spiro atoms. The molecule has 31 heavy (non-hydrogen) atoms. The molecule has 2 rings (SSSR count). The second-order valence-electron chi connectivity index (χ2n) is 7.47. The number of nitrogens with zero attached hydrogens (tertiary/aromatic N) is 2. The van der Waals surface area contributed by atoms with Crippen molar-refractivity contribution in [3.8, 4) is 5.88 Å². The average molecular weight is 457 g/mol. The van der Waals surface area contributed by atoms with Crippen molar-refractivity contribution >= 4 is 29.3 Å². The number of ether oxygens (including phenoxy) is 3. The van der Waals surface area contributed by atoms with E-state index in [0.717, 1.165) is 45.3 Å². The Bertz CT molecular complexity index is 749. The summed E-state index contributed by atoms with van der Waals surface area (Å²) < 4.78 is 15.8. The highest BCUT2D eigenvalue weighted by molar-refractivity contribution is 6.33. The maximum atomic E-state index is 12.8. The van der Waals surface area contributed by atoms with Gasteiger partial charge in [0, 0.05) is 26.6 Å². The molecule has 10 heteroatoms. The van der Waals surface area contributed by atoms with Crippen molar-refractivity contribution in [3.63, 3.8) is 0 Å². The van der Waals surface area contributed by atoms with Gasteiger partial charge in [-0.3, -0.25) is 9.59 Å². The molecular weight excluding hydrogens is 424 g/mol. The highest BCUT2D eigenvalue weighted by atomic mass is 35.5.